The molecule has 0 spiro atoms. The van der Waals surface area contributed by atoms with Crippen molar-refractivity contribution in [1.29, 1.82) is 0 Å². The molecular weight excluding hydrogens is 314 g/mol. The van der Waals surface area contributed by atoms with E-state index in [0.717, 1.165) is 11.3 Å². The molecule has 0 fully saturated rings. The zero-order chi connectivity index (χ0) is 18.1. The molecule has 5 nitrogen and oxygen atoms in total. The Labute approximate surface area is 147 Å². The quantitative estimate of drug-likeness (QED) is 0.532. The number of methoxy groups -OCH3 is 1. The molecule has 25 heavy (non-hydrogen) atoms. The molecule has 2 aromatic heterocycles. The van der Waals surface area contributed by atoms with E-state index < -0.39 is 5.97 Å². The Hall–Kier alpha value is -3.39. The lowest BCUT2D eigenvalue weighted by molar-refractivity contribution is 0.0600. The lowest BCUT2D eigenvalue weighted by atomic mass is 10.1. The summed E-state index contributed by atoms with van der Waals surface area (Å²) in [7, 11) is 1.36. The summed E-state index contributed by atoms with van der Waals surface area (Å²) in [5, 5.41) is 0. The third-order valence-electron chi connectivity index (χ3n) is 3.22. The number of rotatable bonds is 2. The van der Waals surface area contributed by atoms with E-state index in [1.165, 1.54) is 7.11 Å². The fourth-order valence-electron chi connectivity index (χ4n) is 2.08. The topological polar surface area (TPSA) is 57.0 Å². The van der Waals surface area contributed by atoms with Gasteiger partial charge in [0.1, 0.15) is 0 Å². The van der Waals surface area contributed by atoms with Crippen LogP contribution in [0.3, 0.4) is 0 Å². The van der Waals surface area contributed by atoms with Crippen LogP contribution in [0.2, 0.25) is 0 Å². The molecule has 0 unspecified atom stereocenters. The Morgan fingerprint density at radius 2 is 1.80 bits per heavy atom. The Morgan fingerprint density at radius 1 is 1.04 bits per heavy atom. The highest BCUT2D eigenvalue weighted by molar-refractivity contribution is 5.90. The van der Waals surface area contributed by atoms with E-state index in [2.05, 4.69) is 21.8 Å². The van der Waals surface area contributed by atoms with Crippen molar-refractivity contribution in [2.24, 2.45) is 0 Å². The number of ether oxygens (including phenoxy) is 1. The number of aromatic nitrogens is 3. The fourth-order valence-corrected chi connectivity index (χ4v) is 2.08. The largest absolute Gasteiger partial charge is 0.465 e. The van der Waals surface area contributed by atoms with Gasteiger partial charge < -0.3 is 9.30 Å². The number of benzene rings is 1. The highest BCUT2D eigenvalue weighted by Crippen LogP contribution is 2.17. The van der Waals surface area contributed by atoms with Crippen LogP contribution in [0.25, 0.3) is 5.69 Å². The van der Waals surface area contributed by atoms with E-state index in [-0.39, 0.29) is 0 Å². The van der Waals surface area contributed by atoms with E-state index >= 15 is 0 Å². The molecule has 0 saturated carbocycles. The Balaban J connectivity index is 0.00000109. The van der Waals surface area contributed by atoms with Crippen molar-refractivity contribution in [3.63, 3.8) is 0 Å². The minimum absolute atomic E-state index is 0.394. The summed E-state index contributed by atoms with van der Waals surface area (Å²) in [6.45, 7) is 4.00. The van der Waals surface area contributed by atoms with E-state index in [9.17, 15) is 4.79 Å². The fraction of sp³-hybridized carbons (Fsp3) is 0.150. The maximum absolute atomic E-state index is 11.7. The monoisotopic (exact) mass is 333 g/mol. The van der Waals surface area contributed by atoms with E-state index in [1.807, 2.05) is 42.8 Å². The van der Waals surface area contributed by atoms with Gasteiger partial charge in [0, 0.05) is 35.9 Å². The first-order chi connectivity index (χ1) is 12.3. The van der Waals surface area contributed by atoms with Crippen LogP contribution in [0.15, 0.2) is 61.4 Å². The molecule has 0 aliphatic heterocycles. The molecule has 5 heteroatoms. The number of carbonyl (C=O) groups is 1. The number of hydrogen-bond donors (Lipinski definition) is 0. The molecule has 3 rings (SSSR count). The van der Waals surface area contributed by atoms with Crippen molar-refractivity contribution in [1.82, 2.24) is 14.5 Å². The predicted octanol–water partition coefficient (Wildman–Crippen LogP) is 3.48. The lowest BCUT2D eigenvalue weighted by Crippen LogP contribution is -2.03. The average molecular weight is 333 g/mol. The molecule has 126 valence electrons. The first-order valence-corrected chi connectivity index (χ1v) is 7.90. The summed E-state index contributed by atoms with van der Waals surface area (Å²) in [6, 6.07) is 8.90. The summed E-state index contributed by atoms with van der Waals surface area (Å²) < 4.78 is 6.61. The number of pyridine rings is 1. The third-order valence-corrected chi connectivity index (χ3v) is 3.22. The number of carbonyl (C=O) groups excluding carboxylic acids is 1. The number of hydrogen-bond acceptors (Lipinski definition) is 4. The minimum Gasteiger partial charge on any atom is -0.465 e. The number of nitrogens with zero attached hydrogens (tertiary/aromatic N) is 3. The molecule has 0 N–H and O–H groups in total. The maximum atomic E-state index is 11.7. The van der Waals surface area contributed by atoms with Gasteiger partial charge in [0.25, 0.3) is 0 Å². The van der Waals surface area contributed by atoms with Crippen LogP contribution in [0.4, 0.5) is 0 Å². The first-order valence-electron chi connectivity index (χ1n) is 7.90. The molecule has 3 aromatic rings. The normalized spacial score (nSPS) is 9.24. The van der Waals surface area contributed by atoms with Gasteiger partial charge in [-0.25, -0.2) is 9.78 Å². The number of esters is 1. The molecule has 0 saturated heterocycles. The molecule has 0 atom stereocenters. The van der Waals surface area contributed by atoms with Crippen molar-refractivity contribution in [3.05, 3.63) is 78.1 Å². The molecule has 0 radical (unpaired) electrons. The zero-order valence-electron chi connectivity index (χ0n) is 14.4. The highest BCUT2D eigenvalue weighted by atomic mass is 16.5. The van der Waals surface area contributed by atoms with Crippen molar-refractivity contribution in [3.8, 4) is 17.5 Å². The van der Waals surface area contributed by atoms with Gasteiger partial charge in [-0.05, 0) is 30.3 Å². The Kier molecular flexibility index (Phi) is 6.49. The van der Waals surface area contributed by atoms with Gasteiger partial charge in [-0.2, -0.15) is 0 Å². The summed E-state index contributed by atoms with van der Waals surface area (Å²) in [4.78, 5) is 19.8. The standard InChI is InChI=1S/C18H13N3O2.C2H6/c1-23-18(22)16-4-5-17(21-11-10-20-13-21)15(12-16)3-2-14-6-8-19-9-7-14;1-2/h4-13H,1H3;1-2H3. The summed E-state index contributed by atoms with van der Waals surface area (Å²) in [5.74, 6) is 5.78. The lowest BCUT2D eigenvalue weighted by Gasteiger charge is -2.07. The average Bonchev–Trinajstić information content (AvgIpc) is 3.22. The molecule has 0 aliphatic carbocycles. The van der Waals surface area contributed by atoms with Crippen LogP contribution in [-0.2, 0) is 4.74 Å². The Bertz CT molecular complexity index is 876. The van der Waals surface area contributed by atoms with Crippen LogP contribution >= 0.6 is 0 Å². The molecule has 1 aromatic carbocycles. The van der Waals surface area contributed by atoms with Crippen molar-refractivity contribution < 1.29 is 9.53 Å². The highest BCUT2D eigenvalue weighted by Gasteiger charge is 2.09. The van der Waals surface area contributed by atoms with Gasteiger partial charge >= 0.3 is 5.97 Å². The van der Waals surface area contributed by atoms with Gasteiger partial charge in [-0.1, -0.05) is 25.7 Å². The molecular formula is C20H19N3O2. The number of imidazole rings is 1. The SMILES string of the molecule is CC.COC(=O)c1ccc(-n2ccnc2)c(C#Cc2ccncc2)c1. The van der Waals surface area contributed by atoms with E-state index in [0.29, 0.717) is 11.1 Å². The van der Waals surface area contributed by atoms with Crippen LogP contribution in [0.1, 0.15) is 35.3 Å². The van der Waals surface area contributed by atoms with Gasteiger partial charge in [0.05, 0.1) is 24.7 Å². The second-order valence-corrected chi connectivity index (χ2v) is 4.68. The van der Waals surface area contributed by atoms with Gasteiger partial charge in [0.2, 0.25) is 0 Å². The first kappa shape index (κ1) is 18.0. The van der Waals surface area contributed by atoms with Crippen LogP contribution in [0, 0.1) is 11.8 Å². The predicted molar refractivity (Wildman–Crippen MR) is 96.5 cm³/mol. The van der Waals surface area contributed by atoms with E-state index in [4.69, 9.17) is 4.74 Å². The maximum Gasteiger partial charge on any atom is 0.337 e. The van der Waals surface area contributed by atoms with Crippen LogP contribution in [0.5, 0.6) is 0 Å². The van der Waals surface area contributed by atoms with Gasteiger partial charge in [-0.3, -0.25) is 4.98 Å². The van der Waals surface area contributed by atoms with Crippen molar-refractivity contribution in [2.75, 3.05) is 7.11 Å². The molecule has 2 heterocycles. The summed E-state index contributed by atoms with van der Waals surface area (Å²) in [5.41, 5.74) is 2.86. The van der Waals surface area contributed by atoms with Crippen molar-refractivity contribution in [2.45, 2.75) is 13.8 Å². The smallest absolute Gasteiger partial charge is 0.337 e. The van der Waals surface area contributed by atoms with Crippen molar-refractivity contribution >= 4 is 5.97 Å². The third kappa shape index (κ3) is 4.55. The van der Waals surface area contributed by atoms with Crippen LogP contribution < -0.4 is 0 Å². The summed E-state index contributed by atoms with van der Waals surface area (Å²) in [6.07, 6.45) is 8.57. The Morgan fingerprint density at radius 3 is 2.44 bits per heavy atom. The van der Waals surface area contributed by atoms with E-state index in [1.54, 1.807) is 37.1 Å². The minimum atomic E-state index is -0.394. The van der Waals surface area contributed by atoms with Crippen LogP contribution in [-0.4, -0.2) is 27.6 Å². The molecule has 0 bridgehead atoms. The second-order valence-electron chi connectivity index (χ2n) is 4.68. The second kappa shape index (κ2) is 9.04. The molecule has 0 aliphatic rings. The van der Waals surface area contributed by atoms with Gasteiger partial charge in [0.15, 0.2) is 0 Å². The van der Waals surface area contributed by atoms with Gasteiger partial charge in [-0.15, -0.1) is 0 Å². The summed E-state index contributed by atoms with van der Waals surface area (Å²) >= 11 is 0. The molecule has 0 amide bonds. The zero-order valence-corrected chi connectivity index (χ0v) is 14.4.